The molecule has 0 bridgehead atoms. The Morgan fingerprint density at radius 3 is 2.50 bits per heavy atom. The number of rotatable bonds is 7. The SMILES string of the molecule is O=C(Nc1cccc(S(=O)(=O)N2CCCCC2)c1)C1CC(=O)N(CCc2ccccc2)C1. The molecule has 0 radical (unpaired) electrons. The van der Waals surface area contributed by atoms with Crippen LogP contribution in [0.1, 0.15) is 31.2 Å². The summed E-state index contributed by atoms with van der Waals surface area (Å²) < 4.78 is 27.3. The zero-order valence-electron chi connectivity index (χ0n) is 18.1. The molecular formula is C24H29N3O4S. The molecule has 2 aliphatic heterocycles. The molecular weight excluding hydrogens is 426 g/mol. The van der Waals surface area contributed by atoms with Crippen molar-refractivity contribution < 1.29 is 18.0 Å². The molecule has 32 heavy (non-hydrogen) atoms. The average molecular weight is 456 g/mol. The van der Waals surface area contributed by atoms with Gasteiger partial charge in [0.2, 0.25) is 21.8 Å². The van der Waals surface area contributed by atoms with E-state index in [9.17, 15) is 18.0 Å². The molecule has 7 nitrogen and oxygen atoms in total. The molecule has 2 aromatic rings. The smallest absolute Gasteiger partial charge is 0.243 e. The first-order chi connectivity index (χ1) is 15.4. The lowest BCUT2D eigenvalue weighted by Gasteiger charge is -2.26. The van der Waals surface area contributed by atoms with E-state index in [1.165, 1.54) is 10.4 Å². The molecule has 4 rings (SSSR count). The second-order valence-corrected chi connectivity index (χ2v) is 10.4. The van der Waals surface area contributed by atoms with Gasteiger partial charge in [-0.25, -0.2) is 8.42 Å². The number of hydrogen-bond donors (Lipinski definition) is 1. The van der Waals surface area contributed by atoms with Crippen LogP contribution in [0.3, 0.4) is 0 Å². The fraction of sp³-hybridized carbons (Fsp3) is 0.417. The topological polar surface area (TPSA) is 86.8 Å². The molecule has 2 aliphatic rings. The highest BCUT2D eigenvalue weighted by Gasteiger charge is 2.34. The highest BCUT2D eigenvalue weighted by molar-refractivity contribution is 7.89. The van der Waals surface area contributed by atoms with E-state index < -0.39 is 15.9 Å². The summed E-state index contributed by atoms with van der Waals surface area (Å²) in [6, 6.07) is 16.3. The number of amides is 2. The van der Waals surface area contributed by atoms with Crippen LogP contribution in [0.15, 0.2) is 59.5 Å². The molecule has 0 aromatic heterocycles. The number of nitrogens with one attached hydrogen (secondary N) is 1. The Bertz CT molecular complexity index is 1070. The van der Waals surface area contributed by atoms with Crippen LogP contribution in [-0.4, -0.2) is 55.6 Å². The minimum atomic E-state index is -3.57. The first-order valence-electron chi connectivity index (χ1n) is 11.2. The van der Waals surface area contributed by atoms with Crippen molar-refractivity contribution in [2.75, 3.05) is 31.5 Å². The van der Waals surface area contributed by atoms with Crippen LogP contribution in [0.2, 0.25) is 0 Å². The first-order valence-corrected chi connectivity index (χ1v) is 12.6. The van der Waals surface area contributed by atoms with E-state index in [0.29, 0.717) is 31.9 Å². The highest BCUT2D eigenvalue weighted by Crippen LogP contribution is 2.24. The Labute approximate surface area is 189 Å². The fourth-order valence-corrected chi connectivity index (χ4v) is 5.87. The van der Waals surface area contributed by atoms with Crippen LogP contribution < -0.4 is 5.32 Å². The monoisotopic (exact) mass is 455 g/mol. The van der Waals surface area contributed by atoms with Gasteiger partial charge in [-0.2, -0.15) is 4.31 Å². The first kappa shape index (κ1) is 22.5. The Kier molecular flexibility index (Phi) is 6.91. The van der Waals surface area contributed by atoms with Gasteiger partial charge in [-0.1, -0.05) is 42.8 Å². The maximum Gasteiger partial charge on any atom is 0.243 e. The summed E-state index contributed by atoms with van der Waals surface area (Å²) in [6.45, 7) is 2.02. The van der Waals surface area contributed by atoms with Gasteiger partial charge in [0.25, 0.3) is 0 Å². The molecule has 0 aliphatic carbocycles. The van der Waals surface area contributed by atoms with Gasteiger partial charge in [-0.05, 0) is 43.0 Å². The summed E-state index contributed by atoms with van der Waals surface area (Å²) in [5.74, 6) is -0.726. The van der Waals surface area contributed by atoms with Crippen LogP contribution in [0.4, 0.5) is 5.69 Å². The molecule has 2 amide bonds. The number of piperidine rings is 1. The van der Waals surface area contributed by atoms with Crippen LogP contribution in [0.25, 0.3) is 0 Å². The maximum atomic E-state index is 12.9. The van der Waals surface area contributed by atoms with Crippen LogP contribution in [0.5, 0.6) is 0 Å². The molecule has 1 unspecified atom stereocenters. The zero-order valence-corrected chi connectivity index (χ0v) is 18.9. The van der Waals surface area contributed by atoms with Crippen molar-refractivity contribution in [2.45, 2.75) is 37.0 Å². The van der Waals surface area contributed by atoms with Crippen molar-refractivity contribution in [3.05, 3.63) is 60.2 Å². The van der Waals surface area contributed by atoms with Crippen LogP contribution >= 0.6 is 0 Å². The van der Waals surface area contributed by atoms with E-state index in [4.69, 9.17) is 0 Å². The number of likely N-dealkylation sites (tertiary alicyclic amines) is 1. The Hall–Kier alpha value is -2.71. The molecule has 2 fully saturated rings. The third-order valence-electron chi connectivity index (χ3n) is 6.15. The van der Waals surface area contributed by atoms with Crippen LogP contribution in [-0.2, 0) is 26.0 Å². The lowest BCUT2D eigenvalue weighted by atomic mass is 10.1. The van der Waals surface area contributed by atoms with E-state index in [-0.39, 0.29) is 23.1 Å². The Morgan fingerprint density at radius 2 is 1.75 bits per heavy atom. The number of carbonyl (C=O) groups excluding carboxylic acids is 2. The summed E-state index contributed by atoms with van der Waals surface area (Å²) in [5.41, 5.74) is 1.59. The minimum absolute atomic E-state index is 0.0255. The number of nitrogens with zero attached hydrogens (tertiary/aromatic N) is 2. The van der Waals surface area contributed by atoms with Gasteiger partial charge in [0.05, 0.1) is 10.8 Å². The third kappa shape index (κ3) is 5.19. The lowest BCUT2D eigenvalue weighted by Crippen LogP contribution is -2.35. The summed E-state index contributed by atoms with van der Waals surface area (Å²) >= 11 is 0. The van der Waals surface area contributed by atoms with Gasteiger partial charge in [-0.3, -0.25) is 9.59 Å². The number of anilines is 1. The molecule has 8 heteroatoms. The summed E-state index contributed by atoms with van der Waals surface area (Å²) in [6.07, 6.45) is 3.70. The maximum absolute atomic E-state index is 12.9. The minimum Gasteiger partial charge on any atom is -0.342 e. The van der Waals surface area contributed by atoms with Gasteiger partial charge < -0.3 is 10.2 Å². The molecule has 1 atom stereocenters. The van der Waals surface area contributed by atoms with Crippen LogP contribution in [0, 0.1) is 5.92 Å². The number of benzene rings is 2. The Balaban J connectivity index is 1.37. The summed E-state index contributed by atoms with van der Waals surface area (Å²) in [5, 5.41) is 2.81. The molecule has 2 aromatic carbocycles. The Morgan fingerprint density at radius 1 is 1.00 bits per heavy atom. The van der Waals surface area contributed by atoms with Crippen molar-refractivity contribution in [3.63, 3.8) is 0 Å². The van der Waals surface area contributed by atoms with Gasteiger partial charge in [0.1, 0.15) is 0 Å². The van der Waals surface area contributed by atoms with Crippen molar-refractivity contribution in [3.8, 4) is 0 Å². The van der Waals surface area contributed by atoms with Crippen molar-refractivity contribution in [1.29, 1.82) is 0 Å². The predicted octanol–water partition coefficient (Wildman–Crippen LogP) is 2.89. The second kappa shape index (κ2) is 9.83. The van der Waals surface area contributed by atoms with Crippen molar-refractivity contribution in [1.82, 2.24) is 9.21 Å². The van der Waals surface area contributed by atoms with Gasteiger partial charge in [0, 0.05) is 38.3 Å². The summed E-state index contributed by atoms with van der Waals surface area (Å²) in [7, 11) is -3.57. The number of sulfonamides is 1. The largest absolute Gasteiger partial charge is 0.342 e. The summed E-state index contributed by atoms with van der Waals surface area (Å²) in [4.78, 5) is 27.1. The predicted molar refractivity (Wildman–Crippen MR) is 123 cm³/mol. The molecule has 0 saturated carbocycles. The molecule has 0 spiro atoms. The van der Waals surface area contributed by atoms with E-state index in [1.54, 1.807) is 23.1 Å². The van der Waals surface area contributed by atoms with E-state index in [2.05, 4.69) is 5.32 Å². The molecule has 170 valence electrons. The van der Waals surface area contributed by atoms with E-state index >= 15 is 0 Å². The lowest BCUT2D eigenvalue weighted by molar-refractivity contribution is -0.128. The van der Waals surface area contributed by atoms with Crippen molar-refractivity contribution in [2.24, 2.45) is 5.92 Å². The van der Waals surface area contributed by atoms with Gasteiger partial charge in [0.15, 0.2) is 0 Å². The third-order valence-corrected chi connectivity index (χ3v) is 8.05. The molecule has 2 saturated heterocycles. The van der Waals surface area contributed by atoms with Gasteiger partial charge in [-0.15, -0.1) is 0 Å². The van der Waals surface area contributed by atoms with Gasteiger partial charge >= 0.3 is 0 Å². The average Bonchev–Trinajstić information content (AvgIpc) is 3.20. The molecule has 2 heterocycles. The number of hydrogen-bond acceptors (Lipinski definition) is 4. The standard InChI is InChI=1S/C24H29N3O4S/c28-23-16-20(18-26(23)15-12-19-8-3-1-4-9-19)24(29)25-21-10-7-11-22(17-21)32(30,31)27-13-5-2-6-14-27/h1,3-4,7-11,17,20H,2,5-6,12-16,18H2,(H,25,29). The number of carbonyl (C=O) groups is 2. The van der Waals surface area contributed by atoms with E-state index in [0.717, 1.165) is 31.2 Å². The quantitative estimate of drug-likeness (QED) is 0.696. The van der Waals surface area contributed by atoms with E-state index in [1.807, 2.05) is 30.3 Å². The zero-order chi connectivity index (χ0) is 22.6. The fourth-order valence-electron chi connectivity index (χ4n) is 4.31. The second-order valence-electron chi connectivity index (χ2n) is 8.46. The molecule has 1 N–H and O–H groups in total. The highest BCUT2D eigenvalue weighted by atomic mass is 32.2. The normalized spacial score (nSPS) is 19.8. The van der Waals surface area contributed by atoms with Crippen molar-refractivity contribution >= 4 is 27.5 Å².